The van der Waals surface area contributed by atoms with Crippen LogP contribution >= 0.6 is 15.9 Å². The number of hydrogen-bond acceptors (Lipinski definition) is 6. The highest BCUT2D eigenvalue weighted by Gasteiger charge is 2.17. The number of halogens is 1. The number of para-hydroxylation sites is 1. The Balaban J connectivity index is 1.59. The van der Waals surface area contributed by atoms with E-state index in [0.29, 0.717) is 24.0 Å². The van der Waals surface area contributed by atoms with E-state index in [-0.39, 0.29) is 30.1 Å². The van der Waals surface area contributed by atoms with Crippen LogP contribution in [0.25, 0.3) is 0 Å². The summed E-state index contributed by atoms with van der Waals surface area (Å²) in [7, 11) is 0. The Kier molecular flexibility index (Phi) is 8.89. The van der Waals surface area contributed by atoms with Crippen LogP contribution in [-0.4, -0.2) is 31.8 Å². The predicted molar refractivity (Wildman–Crippen MR) is 128 cm³/mol. The Labute approximate surface area is 201 Å². The van der Waals surface area contributed by atoms with E-state index in [4.69, 9.17) is 18.9 Å². The van der Waals surface area contributed by atoms with Crippen LogP contribution in [0.5, 0.6) is 17.2 Å². The van der Waals surface area contributed by atoms with Crippen molar-refractivity contribution in [1.29, 1.82) is 0 Å². The summed E-state index contributed by atoms with van der Waals surface area (Å²) in [5.41, 5.74) is 0.557. The van der Waals surface area contributed by atoms with Gasteiger partial charge in [0.25, 0.3) is 0 Å². The van der Waals surface area contributed by atoms with Gasteiger partial charge in [-0.25, -0.2) is 9.59 Å². The van der Waals surface area contributed by atoms with Crippen molar-refractivity contribution in [3.63, 3.8) is 0 Å². The molecule has 0 aromatic heterocycles. The lowest BCUT2D eigenvalue weighted by Crippen LogP contribution is -2.14. The summed E-state index contributed by atoms with van der Waals surface area (Å²) in [6, 6.07) is 20.7. The van der Waals surface area contributed by atoms with Gasteiger partial charge in [0.2, 0.25) is 0 Å². The van der Waals surface area contributed by atoms with Crippen molar-refractivity contribution in [3.05, 3.63) is 88.4 Å². The molecule has 0 bridgehead atoms. The van der Waals surface area contributed by atoms with Crippen molar-refractivity contribution >= 4 is 27.9 Å². The van der Waals surface area contributed by atoms with Crippen molar-refractivity contribution in [3.8, 4) is 17.2 Å². The van der Waals surface area contributed by atoms with Gasteiger partial charge in [-0.1, -0.05) is 54.0 Å². The molecule has 172 valence electrons. The lowest BCUT2D eigenvalue weighted by molar-refractivity contribution is 0.0449. The number of benzene rings is 3. The SMILES string of the molecule is CC(C)COc1ccc(Br)cc1C(=O)Oc1cccc(C(=O)OCCOc2ccccc2)c1. The minimum atomic E-state index is -0.586. The average molecular weight is 513 g/mol. The van der Waals surface area contributed by atoms with Crippen molar-refractivity contribution in [1.82, 2.24) is 0 Å². The summed E-state index contributed by atoms with van der Waals surface area (Å²) in [5, 5.41) is 0. The number of esters is 2. The first-order valence-corrected chi connectivity index (χ1v) is 11.3. The first kappa shape index (κ1) is 24.3. The van der Waals surface area contributed by atoms with E-state index in [1.807, 2.05) is 44.2 Å². The average Bonchev–Trinajstić information content (AvgIpc) is 2.81. The molecule has 0 saturated heterocycles. The topological polar surface area (TPSA) is 71.1 Å². The molecule has 0 radical (unpaired) electrons. The van der Waals surface area contributed by atoms with Crippen molar-refractivity contribution in [2.75, 3.05) is 19.8 Å². The third-order valence-electron chi connectivity index (χ3n) is 4.34. The zero-order chi connectivity index (χ0) is 23.6. The summed E-state index contributed by atoms with van der Waals surface area (Å²) in [4.78, 5) is 25.2. The molecule has 0 aliphatic carbocycles. The minimum absolute atomic E-state index is 0.0896. The summed E-state index contributed by atoms with van der Waals surface area (Å²) < 4.78 is 22.7. The van der Waals surface area contributed by atoms with Crippen LogP contribution in [0.3, 0.4) is 0 Å². The molecular weight excluding hydrogens is 488 g/mol. The van der Waals surface area contributed by atoms with E-state index >= 15 is 0 Å². The molecule has 0 amide bonds. The Morgan fingerprint density at radius 1 is 0.818 bits per heavy atom. The van der Waals surface area contributed by atoms with Gasteiger partial charge in [-0.3, -0.25) is 0 Å². The summed E-state index contributed by atoms with van der Waals surface area (Å²) in [5.74, 6) is 0.547. The largest absolute Gasteiger partial charge is 0.492 e. The van der Waals surface area contributed by atoms with E-state index < -0.39 is 11.9 Å². The van der Waals surface area contributed by atoms with Gasteiger partial charge in [-0.15, -0.1) is 0 Å². The van der Waals surface area contributed by atoms with E-state index in [1.54, 1.807) is 36.4 Å². The van der Waals surface area contributed by atoms with Gasteiger partial charge in [-0.05, 0) is 54.4 Å². The molecule has 3 rings (SSSR count). The molecule has 7 heteroatoms. The van der Waals surface area contributed by atoms with E-state index in [1.165, 1.54) is 6.07 Å². The molecule has 0 heterocycles. The summed E-state index contributed by atoms with van der Waals surface area (Å²) in [6.07, 6.45) is 0. The zero-order valence-corrected chi connectivity index (χ0v) is 20.0. The van der Waals surface area contributed by atoms with Crippen LogP contribution in [0.1, 0.15) is 34.6 Å². The van der Waals surface area contributed by atoms with Crippen LogP contribution in [0.4, 0.5) is 0 Å². The Bertz CT molecular complexity index is 1080. The summed E-state index contributed by atoms with van der Waals surface area (Å²) in [6.45, 7) is 4.83. The minimum Gasteiger partial charge on any atom is -0.492 e. The molecule has 3 aromatic rings. The summed E-state index contributed by atoms with van der Waals surface area (Å²) >= 11 is 3.37. The number of carbonyl (C=O) groups excluding carboxylic acids is 2. The van der Waals surface area contributed by atoms with Gasteiger partial charge in [0.15, 0.2) is 0 Å². The maximum atomic E-state index is 12.8. The lowest BCUT2D eigenvalue weighted by Gasteiger charge is -2.13. The molecule has 0 aliphatic heterocycles. The molecule has 0 aliphatic rings. The van der Waals surface area contributed by atoms with Gasteiger partial charge in [0.05, 0.1) is 12.2 Å². The first-order chi connectivity index (χ1) is 15.9. The molecule has 0 spiro atoms. The molecular formula is C26H25BrO6. The van der Waals surface area contributed by atoms with Crippen LogP contribution < -0.4 is 14.2 Å². The quantitative estimate of drug-likeness (QED) is 0.190. The highest BCUT2D eigenvalue weighted by molar-refractivity contribution is 9.10. The van der Waals surface area contributed by atoms with Crippen molar-refractivity contribution in [2.45, 2.75) is 13.8 Å². The van der Waals surface area contributed by atoms with Crippen molar-refractivity contribution < 1.29 is 28.5 Å². The normalized spacial score (nSPS) is 10.5. The Morgan fingerprint density at radius 2 is 1.58 bits per heavy atom. The molecule has 6 nitrogen and oxygen atoms in total. The molecule has 0 saturated carbocycles. The second kappa shape index (κ2) is 12.1. The van der Waals surface area contributed by atoms with Gasteiger partial charge in [-0.2, -0.15) is 0 Å². The van der Waals surface area contributed by atoms with E-state index in [2.05, 4.69) is 15.9 Å². The van der Waals surface area contributed by atoms with Crippen LogP contribution in [0.2, 0.25) is 0 Å². The second-order valence-electron chi connectivity index (χ2n) is 7.56. The number of hydrogen-bond donors (Lipinski definition) is 0. The smallest absolute Gasteiger partial charge is 0.347 e. The van der Waals surface area contributed by atoms with Gasteiger partial charge in [0.1, 0.15) is 36.0 Å². The number of rotatable bonds is 10. The molecule has 0 N–H and O–H groups in total. The van der Waals surface area contributed by atoms with Crippen LogP contribution in [-0.2, 0) is 4.74 Å². The maximum absolute atomic E-state index is 12.8. The van der Waals surface area contributed by atoms with Gasteiger partial charge < -0.3 is 18.9 Å². The standard InChI is InChI=1S/C26H25BrO6/c1-18(2)17-32-24-12-11-20(27)16-23(24)26(29)33-22-10-6-7-19(15-22)25(28)31-14-13-30-21-8-4-3-5-9-21/h3-12,15-16,18H,13-14,17H2,1-2H3. The number of carbonyl (C=O) groups is 2. The molecule has 0 fully saturated rings. The fraction of sp³-hybridized carbons (Fsp3) is 0.231. The number of ether oxygens (including phenoxy) is 4. The van der Waals surface area contributed by atoms with E-state index in [9.17, 15) is 9.59 Å². The van der Waals surface area contributed by atoms with Gasteiger partial charge >= 0.3 is 11.9 Å². The zero-order valence-electron chi connectivity index (χ0n) is 18.5. The Morgan fingerprint density at radius 3 is 2.33 bits per heavy atom. The highest BCUT2D eigenvalue weighted by Crippen LogP contribution is 2.26. The first-order valence-electron chi connectivity index (χ1n) is 10.5. The lowest BCUT2D eigenvalue weighted by atomic mass is 10.2. The fourth-order valence-electron chi connectivity index (χ4n) is 2.79. The fourth-order valence-corrected chi connectivity index (χ4v) is 3.15. The highest BCUT2D eigenvalue weighted by atomic mass is 79.9. The molecule has 0 atom stereocenters. The third-order valence-corrected chi connectivity index (χ3v) is 4.84. The van der Waals surface area contributed by atoms with Crippen LogP contribution in [0.15, 0.2) is 77.3 Å². The molecule has 33 heavy (non-hydrogen) atoms. The maximum Gasteiger partial charge on any atom is 0.347 e. The molecule has 3 aromatic carbocycles. The second-order valence-corrected chi connectivity index (χ2v) is 8.48. The third kappa shape index (κ3) is 7.64. The predicted octanol–water partition coefficient (Wildman–Crippen LogP) is 5.94. The van der Waals surface area contributed by atoms with Crippen LogP contribution in [0, 0.1) is 5.92 Å². The van der Waals surface area contributed by atoms with Gasteiger partial charge in [0, 0.05) is 4.47 Å². The van der Waals surface area contributed by atoms with E-state index in [0.717, 1.165) is 4.47 Å². The Hall–Kier alpha value is -3.32. The molecule has 0 unspecified atom stereocenters. The monoisotopic (exact) mass is 512 g/mol. The van der Waals surface area contributed by atoms with Crippen molar-refractivity contribution in [2.24, 2.45) is 5.92 Å².